The summed E-state index contributed by atoms with van der Waals surface area (Å²) >= 11 is 8.15. The van der Waals surface area contributed by atoms with Crippen LogP contribution in [0.5, 0.6) is 0 Å². The second-order valence-corrected chi connectivity index (χ2v) is 9.28. The van der Waals surface area contributed by atoms with Gasteiger partial charge in [0.2, 0.25) is 5.91 Å². The summed E-state index contributed by atoms with van der Waals surface area (Å²) < 4.78 is 11.1. The lowest BCUT2D eigenvalue weighted by atomic mass is 10.1. The van der Waals surface area contributed by atoms with Crippen LogP contribution in [0.3, 0.4) is 0 Å². The first-order valence-electron chi connectivity index (χ1n) is 10.6. The van der Waals surface area contributed by atoms with Crippen LogP contribution in [-0.4, -0.2) is 61.7 Å². The van der Waals surface area contributed by atoms with Crippen LogP contribution >= 0.6 is 23.1 Å². The van der Waals surface area contributed by atoms with Gasteiger partial charge in [0, 0.05) is 50.2 Å². The van der Waals surface area contributed by atoms with Crippen LogP contribution in [-0.2, 0) is 22.4 Å². The Morgan fingerprint density at radius 3 is 2.77 bits per heavy atom. The minimum atomic E-state index is 0.0655. The Labute approximate surface area is 191 Å². The van der Waals surface area contributed by atoms with Crippen LogP contribution in [0.25, 0.3) is 10.1 Å². The Kier molecular flexibility index (Phi) is 5.84. The van der Waals surface area contributed by atoms with Gasteiger partial charge >= 0.3 is 0 Å². The number of hydrogen-bond donors (Lipinski definition) is 0. The van der Waals surface area contributed by atoms with Crippen LogP contribution in [0.1, 0.15) is 11.1 Å². The predicted octanol–water partition coefficient (Wildman–Crippen LogP) is 3.81. The van der Waals surface area contributed by atoms with E-state index in [1.165, 1.54) is 10.1 Å². The molecule has 1 saturated heterocycles. The van der Waals surface area contributed by atoms with Crippen molar-refractivity contribution in [3.8, 4) is 0 Å². The molecule has 3 aromatic rings. The third kappa shape index (κ3) is 4.03. The molecule has 8 heteroatoms. The van der Waals surface area contributed by atoms with Crippen molar-refractivity contribution in [2.24, 2.45) is 0 Å². The number of rotatable bonds is 6. The number of hydrogen-bond acceptors (Lipinski definition) is 6. The van der Waals surface area contributed by atoms with Crippen molar-refractivity contribution in [1.82, 2.24) is 9.27 Å². The molecule has 0 radical (unpaired) electrons. The van der Waals surface area contributed by atoms with E-state index < -0.39 is 0 Å². The lowest BCUT2D eigenvalue weighted by Crippen LogP contribution is -2.47. The van der Waals surface area contributed by atoms with E-state index >= 15 is 0 Å². The van der Waals surface area contributed by atoms with Crippen LogP contribution in [0.15, 0.2) is 36.4 Å². The van der Waals surface area contributed by atoms with Crippen LogP contribution < -0.4 is 9.80 Å². The van der Waals surface area contributed by atoms with E-state index in [9.17, 15) is 4.79 Å². The standard InChI is InChI=1S/C23H25ClN4O2S/c1-30-15-28-20-14-19(24)16(12-17(20)13-22(28)29)6-7-26-8-10-27(11-9-26)23-18-4-2-3-5-21(18)31-25-23/h2-5,12,14H,6-11,13,15H2,1H3. The fourth-order valence-corrected chi connectivity index (χ4v) is 5.52. The number of piperazine rings is 1. The summed E-state index contributed by atoms with van der Waals surface area (Å²) in [6.45, 7) is 5.20. The topological polar surface area (TPSA) is 48.9 Å². The second kappa shape index (κ2) is 8.74. The van der Waals surface area contributed by atoms with Crippen molar-refractivity contribution >= 4 is 50.6 Å². The Hall–Kier alpha value is -2.19. The molecule has 6 nitrogen and oxygen atoms in total. The van der Waals surface area contributed by atoms with Gasteiger partial charge < -0.3 is 9.64 Å². The van der Waals surface area contributed by atoms with Crippen LogP contribution in [0, 0.1) is 0 Å². The Morgan fingerprint density at radius 2 is 1.97 bits per heavy atom. The fourth-order valence-electron chi connectivity index (χ4n) is 4.47. The Bertz CT molecular complexity index is 1110. The molecule has 31 heavy (non-hydrogen) atoms. The normalized spacial score (nSPS) is 17.0. The largest absolute Gasteiger partial charge is 0.364 e. The zero-order valence-electron chi connectivity index (χ0n) is 17.5. The molecule has 0 spiro atoms. The number of carbonyl (C=O) groups excluding carboxylic acids is 1. The number of methoxy groups -OCH3 is 1. The zero-order valence-corrected chi connectivity index (χ0v) is 19.1. The van der Waals surface area contributed by atoms with Crippen LogP contribution in [0.2, 0.25) is 5.02 Å². The maximum absolute atomic E-state index is 12.2. The summed E-state index contributed by atoms with van der Waals surface area (Å²) in [6, 6.07) is 12.5. The summed E-state index contributed by atoms with van der Waals surface area (Å²) in [5.41, 5.74) is 3.03. The average Bonchev–Trinajstić information content (AvgIpc) is 3.34. The third-order valence-corrected chi connectivity index (χ3v) is 7.34. The van der Waals surface area contributed by atoms with Crippen LogP contribution in [0.4, 0.5) is 11.5 Å². The van der Waals surface area contributed by atoms with Gasteiger partial charge in [0.25, 0.3) is 0 Å². The van der Waals surface area contributed by atoms with Crippen molar-refractivity contribution in [1.29, 1.82) is 0 Å². The molecule has 1 amide bonds. The fraction of sp³-hybridized carbons (Fsp3) is 0.391. The third-order valence-electron chi connectivity index (χ3n) is 6.17. The number of amides is 1. The highest BCUT2D eigenvalue weighted by Gasteiger charge is 2.28. The number of fused-ring (bicyclic) bond motifs is 2. The minimum Gasteiger partial charge on any atom is -0.364 e. The van der Waals surface area contributed by atoms with Crippen molar-refractivity contribution in [2.45, 2.75) is 12.8 Å². The van der Waals surface area contributed by atoms with Gasteiger partial charge in [-0.1, -0.05) is 29.8 Å². The lowest BCUT2D eigenvalue weighted by molar-refractivity contribution is -0.118. The molecule has 1 fully saturated rings. The van der Waals surface area contributed by atoms with Crippen molar-refractivity contribution in [3.05, 3.63) is 52.5 Å². The number of anilines is 2. The maximum atomic E-state index is 12.2. The van der Waals surface area contributed by atoms with E-state index in [4.69, 9.17) is 20.7 Å². The first-order chi connectivity index (χ1) is 15.1. The molecule has 2 aliphatic heterocycles. The van der Waals surface area contributed by atoms with E-state index in [2.05, 4.69) is 40.1 Å². The number of benzene rings is 2. The molecule has 2 aromatic carbocycles. The quantitative estimate of drug-likeness (QED) is 0.564. The van der Waals surface area contributed by atoms with E-state index in [0.29, 0.717) is 6.42 Å². The molecule has 162 valence electrons. The molecule has 0 unspecified atom stereocenters. The summed E-state index contributed by atoms with van der Waals surface area (Å²) in [6.07, 6.45) is 1.30. The minimum absolute atomic E-state index is 0.0655. The highest BCUT2D eigenvalue weighted by atomic mass is 35.5. The molecule has 0 saturated carbocycles. The average molecular weight is 457 g/mol. The molecule has 3 heterocycles. The highest BCUT2D eigenvalue weighted by Crippen LogP contribution is 2.34. The molecule has 2 aliphatic rings. The summed E-state index contributed by atoms with van der Waals surface area (Å²) in [5.74, 6) is 1.18. The van der Waals surface area contributed by atoms with Gasteiger partial charge in [0.1, 0.15) is 12.5 Å². The number of ether oxygens (including phenoxy) is 1. The van der Waals surface area contributed by atoms with Crippen molar-refractivity contribution < 1.29 is 9.53 Å². The van der Waals surface area contributed by atoms with Gasteiger partial charge in [-0.05, 0) is 47.3 Å². The highest BCUT2D eigenvalue weighted by molar-refractivity contribution is 7.13. The molecule has 1 aromatic heterocycles. The summed E-state index contributed by atoms with van der Waals surface area (Å²) in [5, 5.41) is 1.98. The van der Waals surface area contributed by atoms with Gasteiger partial charge in [-0.2, -0.15) is 4.37 Å². The smallest absolute Gasteiger partial charge is 0.233 e. The predicted molar refractivity (Wildman–Crippen MR) is 126 cm³/mol. The molecular weight excluding hydrogens is 432 g/mol. The molecule has 5 rings (SSSR count). The number of carbonyl (C=O) groups is 1. The van der Waals surface area contributed by atoms with E-state index in [1.54, 1.807) is 23.5 Å². The summed E-state index contributed by atoms with van der Waals surface area (Å²) in [7, 11) is 1.60. The number of halogens is 1. The first-order valence-corrected chi connectivity index (χ1v) is 11.7. The van der Waals surface area contributed by atoms with Gasteiger partial charge in [0.15, 0.2) is 0 Å². The van der Waals surface area contributed by atoms with Gasteiger partial charge in [-0.25, -0.2) is 0 Å². The Morgan fingerprint density at radius 1 is 1.16 bits per heavy atom. The van der Waals surface area contributed by atoms with Crippen molar-refractivity contribution in [2.75, 3.05) is 56.4 Å². The molecule has 0 atom stereocenters. The van der Waals surface area contributed by atoms with Crippen molar-refractivity contribution in [3.63, 3.8) is 0 Å². The number of nitrogens with zero attached hydrogens (tertiary/aromatic N) is 4. The lowest BCUT2D eigenvalue weighted by Gasteiger charge is -2.35. The summed E-state index contributed by atoms with van der Waals surface area (Å²) in [4.78, 5) is 18.8. The van der Waals surface area contributed by atoms with E-state index in [1.807, 2.05) is 6.07 Å². The second-order valence-electron chi connectivity index (χ2n) is 8.07. The van der Waals surface area contributed by atoms with E-state index in [-0.39, 0.29) is 12.6 Å². The molecule has 0 bridgehead atoms. The molecule has 0 aliphatic carbocycles. The zero-order chi connectivity index (χ0) is 21.4. The number of aromatic nitrogens is 1. The van der Waals surface area contributed by atoms with Gasteiger partial charge in [-0.15, -0.1) is 0 Å². The van der Waals surface area contributed by atoms with Gasteiger partial charge in [0.05, 0.1) is 16.8 Å². The first kappa shape index (κ1) is 20.7. The maximum Gasteiger partial charge on any atom is 0.233 e. The van der Waals surface area contributed by atoms with Gasteiger partial charge in [-0.3, -0.25) is 14.6 Å². The molecular formula is C23H25ClN4O2S. The monoisotopic (exact) mass is 456 g/mol. The van der Waals surface area contributed by atoms with E-state index in [0.717, 1.165) is 66.8 Å². The Balaban J connectivity index is 1.20. The molecule has 0 N–H and O–H groups in total. The SMILES string of the molecule is COCN1C(=O)Cc2cc(CCN3CCN(c4nsc5ccccc45)CC3)c(Cl)cc21.